The second-order valence-corrected chi connectivity index (χ2v) is 4.94. The first kappa shape index (κ1) is 14.1. The van der Waals surface area contributed by atoms with E-state index in [2.05, 4.69) is 21.6 Å². The molecule has 0 atom stereocenters. The third-order valence-corrected chi connectivity index (χ3v) is 3.57. The van der Waals surface area contributed by atoms with E-state index in [9.17, 15) is 5.26 Å². The third kappa shape index (κ3) is 2.79. The second-order valence-electron chi connectivity index (χ2n) is 4.14. The molecule has 0 aromatic carbocycles. The minimum Gasteiger partial charge on any atom is -0.348 e. The van der Waals surface area contributed by atoms with E-state index in [4.69, 9.17) is 14.3 Å². The van der Waals surface area contributed by atoms with Gasteiger partial charge in [-0.3, -0.25) is 4.84 Å². The van der Waals surface area contributed by atoms with Crippen molar-refractivity contribution in [3.05, 3.63) is 17.8 Å². The van der Waals surface area contributed by atoms with Crippen LogP contribution < -0.4 is 5.48 Å². The summed E-state index contributed by atoms with van der Waals surface area (Å²) < 4.78 is 12.1. The molecule has 9 heteroatoms. The van der Waals surface area contributed by atoms with Gasteiger partial charge in [-0.15, -0.1) is 11.8 Å². The Balaban J connectivity index is 1.84. The molecule has 0 spiro atoms. The molecule has 0 saturated carbocycles. The zero-order chi connectivity index (χ0) is 14.7. The molecule has 8 nitrogen and oxygen atoms in total. The number of aromatic nitrogens is 3. The number of anilines is 1. The lowest BCUT2D eigenvalue weighted by Crippen LogP contribution is -2.20. The first-order valence-electron chi connectivity index (χ1n) is 6.26. The molecule has 1 fully saturated rings. The SMILES string of the molecule is CSc1nc2ccnn2c(NOCC2OCCO2)c1C#N. The molecule has 0 unspecified atom stereocenters. The third-order valence-electron chi connectivity index (χ3n) is 2.89. The van der Waals surface area contributed by atoms with Gasteiger partial charge in [0.25, 0.3) is 0 Å². The van der Waals surface area contributed by atoms with Crippen molar-refractivity contribution in [3.8, 4) is 6.07 Å². The molecule has 0 aliphatic carbocycles. The molecule has 1 N–H and O–H groups in total. The minimum absolute atomic E-state index is 0.213. The van der Waals surface area contributed by atoms with Crippen molar-refractivity contribution in [2.75, 3.05) is 31.6 Å². The molecule has 3 heterocycles. The van der Waals surface area contributed by atoms with Gasteiger partial charge in [0.2, 0.25) is 0 Å². The predicted molar refractivity (Wildman–Crippen MR) is 74.7 cm³/mol. The van der Waals surface area contributed by atoms with E-state index < -0.39 is 6.29 Å². The summed E-state index contributed by atoms with van der Waals surface area (Å²) in [6.07, 6.45) is 3.08. The number of ether oxygens (including phenoxy) is 2. The van der Waals surface area contributed by atoms with Gasteiger partial charge in [0.05, 0.1) is 19.4 Å². The van der Waals surface area contributed by atoms with Gasteiger partial charge in [0.1, 0.15) is 23.3 Å². The fraction of sp³-hybridized carbons (Fsp3) is 0.417. The molecule has 2 aromatic heterocycles. The highest BCUT2D eigenvalue weighted by Crippen LogP contribution is 2.25. The monoisotopic (exact) mass is 307 g/mol. The fourth-order valence-corrected chi connectivity index (χ4v) is 2.48. The van der Waals surface area contributed by atoms with Gasteiger partial charge in [-0.25, -0.2) is 10.5 Å². The summed E-state index contributed by atoms with van der Waals surface area (Å²) in [6, 6.07) is 3.89. The minimum atomic E-state index is -0.391. The Bertz CT molecular complexity index is 677. The summed E-state index contributed by atoms with van der Waals surface area (Å²) >= 11 is 1.39. The van der Waals surface area contributed by atoms with Crippen LogP contribution in [0.15, 0.2) is 17.3 Å². The Hall–Kier alpha value is -1.86. The van der Waals surface area contributed by atoms with Crippen molar-refractivity contribution in [1.29, 1.82) is 5.26 Å². The highest BCUT2D eigenvalue weighted by Gasteiger charge is 2.19. The van der Waals surface area contributed by atoms with Crippen LogP contribution in [0.2, 0.25) is 0 Å². The van der Waals surface area contributed by atoms with Crippen molar-refractivity contribution in [1.82, 2.24) is 14.6 Å². The van der Waals surface area contributed by atoms with Crippen LogP contribution >= 0.6 is 11.8 Å². The maximum absolute atomic E-state index is 9.35. The van der Waals surface area contributed by atoms with Gasteiger partial charge in [0, 0.05) is 6.07 Å². The molecule has 1 aliphatic rings. The van der Waals surface area contributed by atoms with Crippen molar-refractivity contribution in [2.45, 2.75) is 11.3 Å². The van der Waals surface area contributed by atoms with Crippen LogP contribution in [-0.4, -0.2) is 47.0 Å². The fourth-order valence-electron chi connectivity index (χ4n) is 1.94. The molecule has 3 rings (SSSR count). The number of hydrogen-bond donors (Lipinski definition) is 1. The van der Waals surface area contributed by atoms with E-state index in [0.717, 1.165) is 0 Å². The van der Waals surface area contributed by atoms with Crippen LogP contribution in [0.5, 0.6) is 0 Å². The number of nitrogens with one attached hydrogen (secondary N) is 1. The number of rotatable bonds is 5. The first-order valence-corrected chi connectivity index (χ1v) is 7.49. The van der Waals surface area contributed by atoms with Gasteiger partial charge in [-0.05, 0) is 6.26 Å². The van der Waals surface area contributed by atoms with Crippen LogP contribution in [0.25, 0.3) is 5.65 Å². The first-order chi connectivity index (χ1) is 10.3. The molecule has 0 bridgehead atoms. The summed E-state index contributed by atoms with van der Waals surface area (Å²) in [7, 11) is 0. The lowest BCUT2D eigenvalue weighted by molar-refractivity contribution is -0.0852. The van der Waals surface area contributed by atoms with Gasteiger partial charge >= 0.3 is 0 Å². The van der Waals surface area contributed by atoms with Crippen molar-refractivity contribution >= 4 is 23.2 Å². The largest absolute Gasteiger partial charge is 0.348 e. The number of nitriles is 1. The standard InChI is InChI=1S/C12H13N5O3S/c1-21-12-8(6-13)11(17-9(15-12)2-3-14-17)16-20-7-10-18-4-5-19-10/h2-3,10,16H,4-5,7H2,1H3. The molecular formula is C12H13N5O3S. The van der Waals surface area contributed by atoms with Gasteiger partial charge in [-0.1, -0.05) is 0 Å². The average Bonchev–Trinajstić information content (AvgIpc) is 3.17. The van der Waals surface area contributed by atoms with E-state index in [1.807, 2.05) is 6.26 Å². The van der Waals surface area contributed by atoms with Crippen molar-refractivity contribution in [2.24, 2.45) is 0 Å². The van der Waals surface area contributed by atoms with Gasteiger partial charge < -0.3 is 9.47 Å². The maximum Gasteiger partial charge on any atom is 0.183 e. The quantitative estimate of drug-likeness (QED) is 0.497. The van der Waals surface area contributed by atoms with Crippen LogP contribution in [0.3, 0.4) is 0 Å². The normalized spacial score (nSPS) is 15.4. The van der Waals surface area contributed by atoms with Gasteiger partial charge in [-0.2, -0.15) is 14.9 Å². The summed E-state index contributed by atoms with van der Waals surface area (Å²) in [4.78, 5) is 9.74. The van der Waals surface area contributed by atoms with Crippen molar-refractivity contribution in [3.63, 3.8) is 0 Å². The molecule has 110 valence electrons. The maximum atomic E-state index is 9.35. The molecule has 1 saturated heterocycles. The topological polar surface area (TPSA) is 93.7 Å². The highest BCUT2D eigenvalue weighted by atomic mass is 32.2. The summed E-state index contributed by atoms with van der Waals surface area (Å²) in [6.45, 7) is 1.34. The Morgan fingerprint density at radius 2 is 2.38 bits per heavy atom. The molecule has 2 aromatic rings. The van der Waals surface area contributed by atoms with E-state index in [1.54, 1.807) is 12.3 Å². The molecule has 1 aliphatic heterocycles. The smallest absolute Gasteiger partial charge is 0.183 e. The van der Waals surface area contributed by atoms with E-state index in [-0.39, 0.29) is 6.61 Å². The van der Waals surface area contributed by atoms with Crippen LogP contribution in [0.1, 0.15) is 5.56 Å². The lowest BCUT2D eigenvalue weighted by atomic mass is 10.3. The summed E-state index contributed by atoms with van der Waals surface area (Å²) in [5.74, 6) is 0.440. The van der Waals surface area contributed by atoms with Crippen LogP contribution in [0.4, 0.5) is 5.82 Å². The number of hydrogen-bond acceptors (Lipinski definition) is 8. The molecular weight excluding hydrogens is 294 g/mol. The zero-order valence-electron chi connectivity index (χ0n) is 11.3. The number of fused-ring (bicyclic) bond motifs is 1. The van der Waals surface area contributed by atoms with E-state index >= 15 is 0 Å². The van der Waals surface area contributed by atoms with E-state index in [1.165, 1.54) is 16.3 Å². The highest BCUT2D eigenvalue weighted by molar-refractivity contribution is 7.98. The van der Waals surface area contributed by atoms with E-state index in [0.29, 0.717) is 35.3 Å². The number of thioether (sulfide) groups is 1. The zero-order valence-corrected chi connectivity index (χ0v) is 12.1. The van der Waals surface area contributed by atoms with Crippen molar-refractivity contribution < 1.29 is 14.3 Å². The summed E-state index contributed by atoms with van der Waals surface area (Å²) in [5, 5.41) is 14.1. The Kier molecular flexibility index (Phi) is 4.21. The Labute approximate surface area is 125 Å². The lowest BCUT2D eigenvalue weighted by Gasteiger charge is -2.14. The van der Waals surface area contributed by atoms with Crippen LogP contribution in [0, 0.1) is 11.3 Å². The predicted octanol–water partition coefficient (Wildman–Crippen LogP) is 1.04. The van der Waals surface area contributed by atoms with Crippen LogP contribution in [-0.2, 0) is 14.3 Å². The molecule has 0 amide bonds. The number of nitrogens with zero attached hydrogens (tertiary/aromatic N) is 4. The Morgan fingerprint density at radius 3 is 3.10 bits per heavy atom. The Morgan fingerprint density at radius 1 is 1.57 bits per heavy atom. The average molecular weight is 307 g/mol. The van der Waals surface area contributed by atoms with Gasteiger partial charge in [0.15, 0.2) is 17.8 Å². The second kappa shape index (κ2) is 6.28. The summed E-state index contributed by atoms with van der Waals surface area (Å²) in [5.41, 5.74) is 3.78. The molecule has 21 heavy (non-hydrogen) atoms. The molecule has 0 radical (unpaired) electrons.